The molecule has 0 spiro atoms. The van der Waals surface area contributed by atoms with Crippen molar-refractivity contribution in [3.63, 3.8) is 0 Å². The molecular formula is C27H31F3N4O4. The number of ether oxygens (including phenoxy) is 2. The van der Waals surface area contributed by atoms with E-state index in [4.69, 9.17) is 20.9 Å². The molecule has 38 heavy (non-hydrogen) atoms. The lowest BCUT2D eigenvalue weighted by Crippen LogP contribution is -2.39. The number of carbonyl (C=O) groups is 2. The Morgan fingerprint density at radius 1 is 1.21 bits per heavy atom. The zero-order valence-electron chi connectivity index (χ0n) is 21.3. The highest BCUT2D eigenvalue weighted by molar-refractivity contribution is 5.93. The summed E-state index contributed by atoms with van der Waals surface area (Å²) >= 11 is 0. The highest BCUT2D eigenvalue weighted by Gasteiger charge is 2.42. The fraction of sp³-hybridized carbons (Fsp3) is 0.296. The largest absolute Gasteiger partial charge is 0.475 e. The lowest BCUT2D eigenvalue weighted by Gasteiger charge is -2.25. The Bertz CT molecular complexity index is 1220. The van der Waals surface area contributed by atoms with Gasteiger partial charge in [-0.3, -0.25) is 4.79 Å². The predicted molar refractivity (Wildman–Crippen MR) is 137 cm³/mol. The summed E-state index contributed by atoms with van der Waals surface area (Å²) in [6.45, 7) is 6.63. The van der Waals surface area contributed by atoms with E-state index in [9.17, 15) is 22.8 Å². The Morgan fingerprint density at radius 2 is 1.87 bits per heavy atom. The van der Waals surface area contributed by atoms with Crippen LogP contribution in [0.2, 0.25) is 0 Å². The van der Waals surface area contributed by atoms with Crippen molar-refractivity contribution in [1.29, 1.82) is 0 Å². The maximum absolute atomic E-state index is 14.4. The SMILES string of the molecule is C=C(C)C(F)(CO/C(N)=C(C)/C=C(\N)C(C)NCc1c(C=O)ccnc1C(=O)Oc1ccccc1)C(F)F. The van der Waals surface area contributed by atoms with Gasteiger partial charge >= 0.3 is 5.97 Å². The van der Waals surface area contributed by atoms with Gasteiger partial charge in [-0.05, 0) is 50.6 Å². The van der Waals surface area contributed by atoms with Gasteiger partial charge in [0.1, 0.15) is 12.4 Å². The van der Waals surface area contributed by atoms with Crippen molar-refractivity contribution in [2.75, 3.05) is 6.61 Å². The smallest absolute Gasteiger partial charge is 0.362 e. The average Bonchev–Trinajstić information content (AvgIpc) is 2.89. The van der Waals surface area contributed by atoms with Crippen molar-refractivity contribution < 1.29 is 32.2 Å². The van der Waals surface area contributed by atoms with Crippen molar-refractivity contribution in [3.05, 3.63) is 94.8 Å². The molecule has 1 aromatic heterocycles. The van der Waals surface area contributed by atoms with E-state index in [1.54, 1.807) is 37.3 Å². The molecule has 0 aliphatic rings. The Hall–Kier alpha value is -4.12. The van der Waals surface area contributed by atoms with E-state index in [1.807, 2.05) is 0 Å². The van der Waals surface area contributed by atoms with Crippen LogP contribution in [0.15, 0.2) is 78.0 Å². The Morgan fingerprint density at radius 3 is 2.45 bits per heavy atom. The second-order valence-electron chi connectivity index (χ2n) is 8.57. The van der Waals surface area contributed by atoms with Crippen LogP contribution < -0.4 is 21.5 Å². The molecule has 1 aromatic carbocycles. The van der Waals surface area contributed by atoms with Gasteiger partial charge in [-0.15, -0.1) is 0 Å². The number of pyridine rings is 1. The third kappa shape index (κ3) is 7.69. The van der Waals surface area contributed by atoms with Crippen LogP contribution in [0.5, 0.6) is 5.75 Å². The molecule has 5 N–H and O–H groups in total. The van der Waals surface area contributed by atoms with Crippen LogP contribution >= 0.6 is 0 Å². The molecule has 0 bridgehead atoms. The second-order valence-corrected chi connectivity index (χ2v) is 8.57. The van der Waals surface area contributed by atoms with Crippen molar-refractivity contribution in [2.24, 2.45) is 11.5 Å². The summed E-state index contributed by atoms with van der Waals surface area (Å²) in [5, 5.41) is 3.09. The minimum atomic E-state index is -3.34. The number of allylic oxidation sites excluding steroid dienone is 2. The molecule has 8 nitrogen and oxygen atoms in total. The number of nitrogens with one attached hydrogen (secondary N) is 1. The molecule has 0 fully saturated rings. The van der Waals surface area contributed by atoms with Gasteiger partial charge < -0.3 is 26.3 Å². The van der Waals surface area contributed by atoms with Crippen molar-refractivity contribution in [3.8, 4) is 5.75 Å². The van der Waals surface area contributed by atoms with Crippen LogP contribution in [0.1, 0.15) is 47.2 Å². The van der Waals surface area contributed by atoms with Gasteiger partial charge in [0, 0.05) is 41.2 Å². The highest BCUT2D eigenvalue weighted by Crippen LogP contribution is 2.29. The van der Waals surface area contributed by atoms with E-state index in [0.29, 0.717) is 17.6 Å². The van der Waals surface area contributed by atoms with E-state index in [2.05, 4.69) is 16.9 Å². The van der Waals surface area contributed by atoms with Crippen LogP contribution in [0.25, 0.3) is 0 Å². The molecule has 0 aliphatic carbocycles. The number of aldehydes is 1. The number of benzene rings is 1. The molecule has 0 amide bonds. The number of nitrogens with two attached hydrogens (primary N) is 2. The van der Waals surface area contributed by atoms with Crippen LogP contribution in [-0.2, 0) is 11.3 Å². The van der Waals surface area contributed by atoms with Crippen molar-refractivity contribution in [2.45, 2.75) is 45.5 Å². The monoisotopic (exact) mass is 532 g/mol. The number of esters is 1. The van der Waals surface area contributed by atoms with Crippen LogP contribution in [0.4, 0.5) is 13.2 Å². The number of alkyl halides is 3. The van der Waals surface area contributed by atoms with Crippen molar-refractivity contribution in [1.82, 2.24) is 10.3 Å². The van der Waals surface area contributed by atoms with E-state index in [1.165, 1.54) is 25.3 Å². The summed E-state index contributed by atoms with van der Waals surface area (Å²) in [7, 11) is 0. The normalized spacial score (nSPS) is 14.8. The van der Waals surface area contributed by atoms with E-state index in [-0.39, 0.29) is 40.5 Å². The number of halogens is 3. The van der Waals surface area contributed by atoms with Gasteiger partial charge in [-0.25, -0.2) is 22.9 Å². The van der Waals surface area contributed by atoms with Gasteiger partial charge in [-0.1, -0.05) is 24.8 Å². The lowest BCUT2D eigenvalue weighted by atomic mass is 10.0. The Balaban J connectivity index is 2.15. The fourth-order valence-corrected chi connectivity index (χ4v) is 3.11. The maximum atomic E-state index is 14.4. The summed E-state index contributed by atoms with van der Waals surface area (Å²) in [5.74, 6) is -0.705. The number of hydrogen-bond acceptors (Lipinski definition) is 8. The fourth-order valence-electron chi connectivity index (χ4n) is 3.11. The highest BCUT2D eigenvalue weighted by atomic mass is 19.3. The molecule has 2 rings (SSSR count). The maximum Gasteiger partial charge on any atom is 0.362 e. The van der Waals surface area contributed by atoms with Crippen LogP contribution in [0, 0.1) is 0 Å². The average molecular weight is 533 g/mol. The number of rotatable bonds is 13. The molecule has 2 aromatic rings. The van der Waals surface area contributed by atoms with Crippen LogP contribution in [-0.4, -0.2) is 42.0 Å². The van der Waals surface area contributed by atoms with E-state index in [0.717, 1.165) is 6.92 Å². The molecule has 2 unspecified atom stereocenters. The van der Waals surface area contributed by atoms with Gasteiger partial charge in [-0.2, -0.15) is 0 Å². The molecule has 0 radical (unpaired) electrons. The lowest BCUT2D eigenvalue weighted by molar-refractivity contribution is -0.0503. The number of nitrogens with zero attached hydrogens (tertiary/aromatic N) is 1. The molecule has 1 heterocycles. The quantitative estimate of drug-likeness (QED) is 0.0875. The van der Waals surface area contributed by atoms with Gasteiger partial charge in [0.05, 0.1) is 0 Å². The second kappa shape index (κ2) is 13.4. The van der Waals surface area contributed by atoms with Gasteiger partial charge in [0.15, 0.2) is 17.9 Å². The molecule has 204 valence electrons. The molecule has 0 saturated heterocycles. The molecule has 0 aliphatic heterocycles. The first kappa shape index (κ1) is 30.1. The first-order valence-corrected chi connectivity index (χ1v) is 11.5. The predicted octanol–water partition coefficient (Wildman–Crippen LogP) is 4.19. The molecule has 11 heteroatoms. The standard InChI is InChI=1S/C27H31F3N4O4/c1-16(2)27(30,26(28)29)15-37-24(32)17(3)12-22(31)18(4)34-13-21-19(14-35)10-11-33-23(21)25(36)38-20-8-6-5-7-9-20/h5-12,14,18,26,34H,1,13,15,31-32H2,2-4H3/b22-12-,24-17+. The van der Waals surface area contributed by atoms with Crippen molar-refractivity contribution >= 4 is 12.3 Å². The summed E-state index contributed by atoms with van der Waals surface area (Å²) in [4.78, 5) is 28.5. The third-order valence-corrected chi connectivity index (χ3v) is 5.72. The number of aromatic nitrogens is 1. The minimum absolute atomic E-state index is 0.0307. The molecular weight excluding hydrogens is 501 g/mol. The molecule has 0 saturated carbocycles. The minimum Gasteiger partial charge on any atom is -0.475 e. The van der Waals surface area contributed by atoms with E-state index < -0.39 is 30.7 Å². The zero-order valence-corrected chi connectivity index (χ0v) is 21.3. The third-order valence-electron chi connectivity index (χ3n) is 5.72. The van der Waals surface area contributed by atoms with Gasteiger partial charge in [0.25, 0.3) is 6.43 Å². The summed E-state index contributed by atoms with van der Waals surface area (Å²) in [6, 6.07) is 9.36. The number of para-hydroxylation sites is 1. The number of carbonyl (C=O) groups excluding carboxylic acids is 2. The summed E-state index contributed by atoms with van der Waals surface area (Å²) in [5.41, 5.74) is 9.54. The summed E-state index contributed by atoms with van der Waals surface area (Å²) < 4.78 is 51.0. The Kier molecular flexibility index (Phi) is 10.6. The summed E-state index contributed by atoms with van der Waals surface area (Å²) in [6.07, 6.45) is 0.0285. The topological polar surface area (TPSA) is 130 Å². The van der Waals surface area contributed by atoms with E-state index >= 15 is 0 Å². The Labute approximate surface area is 219 Å². The van der Waals surface area contributed by atoms with Gasteiger partial charge in [0.2, 0.25) is 5.67 Å². The number of hydrogen-bond donors (Lipinski definition) is 3. The van der Waals surface area contributed by atoms with Crippen LogP contribution in [0.3, 0.4) is 0 Å². The first-order valence-electron chi connectivity index (χ1n) is 11.5. The first-order chi connectivity index (χ1) is 17.9. The molecule has 2 atom stereocenters. The zero-order chi connectivity index (χ0) is 28.5.